The zero-order valence-corrected chi connectivity index (χ0v) is 17.2. The molecule has 0 bridgehead atoms. The fourth-order valence-electron chi connectivity index (χ4n) is 3.41. The van der Waals surface area contributed by atoms with E-state index in [9.17, 15) is 13.2 Å². The van der Waals surface area contributed by atoms with E-state index in [1.807, 2.05) is 24.3 Å². The molecule has 1 aromatic carbocycles. The topological polar surface area (TPSA) is 75.7 Å². The molecule has 1 atom stereocenters. The van der Waals surface area contributed by atoms with Crippen LogP contribution in [0.3, 0.4) is 0 Å². The van der Waals surface area contributed by atoms with Crippen LogP contribution in [0, 0.1) is 5.92 Å². The number of carbonyl (C=O) groups excluding carboxylic acids is 1. The van der Waals surface area contributed by atoms with E-state index in [-0.39, 0.29) is 10.1 Å². The van der Waals surface area contributed by atoms with Gasteiger partial charge in [-0.05, 0) is 60.7 Å². The molecule has 4 rings (SSSR count). The molecule has 1 unspecified atom stereocenters. The van der Waals surface area contributed by atoms with E-state index in [1.165, 1.54) is 28.5 Å². The minimum atomic E-state index is -3.63. The summed E-state index contributed by atoms with van der Waals surface area (Å²) in [6.45, 7) is 1.67. The van der Waals surface area contributed by atoms with Crippen molar-refractivity contribution in [3.63, 3.8) is 0 Å². The highest BCUT2D eigenvalue weighted by Gasteiger charge is 2.39. The summed E-state index contributed by atoms with van der Waals surface area (Å²) in [7, 11) is -3.63. The number of carbonyl (C=O) groups is 1. The molecule has 150 valence electrons. The van der Waals surface area contributed by atoms with Gasteiger partial charge in [0, 0.05) is 18.8 Å². The first-order valence-electron chi connectivity index (χ1n) is 9.57. The van der Waals surface area contributed by atoms with Crippen LogP contribution >= 0.6 is 11.3 Å². The van der Waals surface area contributed by atoms with Gasteiger partial charge in [0.15, 0.2) is 0 Å². The number of hydrogen-bond acceptors (Lipinski definition) is 5. The number of hydrogen-bond donors (Lipinski definition) is 1. The lowest BCUT2D eigenvalue weighted by molar-refractivity contribution is -0.119. The van der Waals surface area contributed by atoms with Crippen LogP contribution in [0.2, 0.25) is 0 Å². The summed E-state index contributed by atoms with van der Waals surface area (Å²) in [4.78, 5) is 12.8. The van der Waals surface area contributed by atoms with Gasteiger partial charge in [0.1, 0.15) is 10.3 Å². The minimum Gasteiger partial charge on any atom is -0.376 e. The molecule has 1 aliphatic heterocycles. The first kappa shape index (κ1) is 19.6. The highest BCUT2D eigenvalue weighted by Crippen LogP contribution is 2.30. The number of sulfonamides is 1. The van der Waals surface area contributed by atoms with Crippen LogP contribution in [-0.2, 0) is 26.2 Å². The quantitative estimate of drug-likeness (QED) is 0.710. The Kier molecular flexibility index (Phi) is 5.82. The second kappa shape index (κ2) is 8.32. The molecule has 0 radical (unpaired) electrons. The summed E-state index contributed by atoms with van der Waals surface area (Å²) in [6.07, 6.45) is 3.71. The van der Waals surface area contributed by atoms with Crippen LogP contribution in [0.5, 0.6) is 0 Å². The van der Waals surface area contributed by atoms with Gasteiger partial charge in [-0.1, -0.05) is 18.2 Å². The molecule has 2 aromatic rings. The fraction of sp³-hybridized carbons (Fsp3) is 0.450. The van der Waals surface area contributed by atoms with Crippen molar-refractivity contribution < 1.29 is 17.9 Å². The summed E-state index contributed by atoms with van der Waals surface area (Å²) >= 11 is 1.18. The third kappa shape index (κ3) is 4.46. The van der Waals surface area contributed by atoms with Crippen molar-refractivity contribution in [2.45, 2.75) is 42.5 Å². The maximum atomic E-state index is 12.8. The molecule has 2 fully saturated rings. The van der Waals surface area contributed by atoms with Crippen molar-refractivity contribution in [3.05, 3.63) is 47.3 Å². The third-order valence-corrected chi connectivity index (χ3v) is 8.36. The van der Waals surface area contributed by atoms with Crippen LogP contribution in [-0.4, -0.2) is 37.8 Å². The van der Waals surface area contributed by atoms with Crippen molar-refractivity contribution in [2.24, 2.45) is 5.92 Å². The van der Waals surface area contributed by atoms with Gasteiger partial charge in [-0.2, -0.15) is 4.31 Å². The number of ether oxygens (including phenoxy) is 1. The number of anilines is 1. The van der Waals surface area contributed by atoms with Crippen molar-refractivity contribution in [2.75, 3.05) is 18.5 Å². The van der Waals surface area contributed by atoms with E-state index >= 15 is 0 Å². The van der Waals surface area contributed by atoms with Crippen molar-refractivity contribution in [3.8, 4) is 0 Å². The molecular weight excluding hydrogens is 396 g/mol. The predicted molar refractivity (Wildman–Crippen MR) is 109 cm³/mol. The molecule has 2 aliphatic rings. The Bertz CT molecular complexity index is 923. The molecule has 1 aromatic heterocycles. The molecule has 1 aliphatic carbocycles. The number of amides is 1. The standard InChI is InChI=1S/C20H24N2O4S2/c23-20(18-6-2-10-22(18)28(24,25)19-7-3-11-27-19)21-17-5-1-4-16(12-17)14-26-13-15-8-9-15/h1,3-5,7,11-12,15,18H,2,6,8-10,13-14H2,(H,21,23). The lowest BCUT2D eigenvalue weighted by atomic mass is 10.2. The van der Waals surface area contributed by atoms with E-state index in [2.05, 4.69) is 5.32 Å². The highest BCUT2D eigenvalue weighted by molar-refractivity contribution is 7.91. The van der Waals surface area contributed by atoms with Gasteiger partial charge in [-0.3, -0.25) is 4.79 Å². The first-order valence-corrected chi connectivity index (χ1v) is 11.9. The third-order valence-electron chi connectivity index (χ3n) is 5.08. The zero-order valence-electron chi connectivity index (χ0n) is 15.5. The Morgan fingerprint density at radius 3 is 2.82 bits per heavy atom. The lowest BCUT2D eigenvalue weighted by Crippen LogP contribution is -2.42. The van der Waals surface area contributed by atoms with Crippen molar-refractivity contribution >= 4 is 33.0 Å². The summed E-state index contributed by atoms with van der Waals surface area (Å²) in [5, 5.41) is 4.62. The summed E-state index contributed by atoms with van der Waals surface area (Å²) in [5.41, 5.74) is 1.66. The SMILES string of the molecule is O=C(Nc1cccc(COCC2CC2)c1)C1CCCN1S(=O)(=O)c1cccs1. The lowest BCUT2D eigenvalue weighted by Gasteiger charge is -2.22. The molecule has 1 amide bonds. The smallest absolute Gasteiger partial charge is 0.253 e. The van der Waals surface area contributed by atoms with E-state index in [0.717, 1.165) is 12.2 Å². The van der Waals surface area contributed by atoms with Crippen LogP contribution < -0.4 is 5.32 Å². The molecule has 0 spiro atoms. The Balaban J connectivity index is 1.41. The van der Waals surface area contributed by atoms with E-state index in [4.69, 9.17) is 4.74 Å². The molecule has 2 heterocycles. The molecule has 1 N–H and O–H groups in total. The summed E-state index contributed by atoms with van der Waals surface area (Å²) < 4.78 is 33.0. The molecular formula is C20H24N2O4S2. The Hall–Kier alpha value is -1.74. The maximum absolute atomic E-state index is 12.8. The normalized spacial score (nSPS) is 20.4. The zero-order chi connectivity index (χ0) is 19.6. The predicted octanol–water partition coefficient (Wildman–Crippen LogP) is 3.47. The molecule has 6 nitrogen and oxygen atoms in total. The number of nitrogens with one attached hydrogen (secondary N) is 1. The number of rotatable bonds is 8. The number of nitrogens with zero attached hydrogens (tertiary/aromatic N) is 1. The molecule has 28 heavy (non-hydrogen) atoms. The largest absolute Gasteiger partial charge is 0.376 e. The van der Waals surface area contributed by atoms with Gasteiger partial charge in [-0.15, -0.1) is 11.3 Å². The average molecular weight is 421 g/mol. The first-order chi connectivity index (χ1) is 13.5. The second-order valence-corrected chi connectivity index (χ2v) is 10.4. The maximum Gasteiger partial charge on any atom is 0.253 e. The molecule has 1 saturated heterocycles. The second-order valence-electron chi connectivity index (χ2n) is 7.35. The van der Waals surface area contributed by atoms with Gasteiger partial charge in [-0.25, -0.2) is 8.42 Å². The van der Waals surface area contributed by atoms with Gasteiger partial charge in [0.2, 0.25) is 5.91 Å². The van der Waals surface area contributed by atoms with E-state index in [0.29, 0.717) is 37.6 Å². The van der Waals surface area contributed by atoms with E-state index < -0.39 is 16.1 Å². The molecule has 1 saturated carbocycles. The summed E-state index contributed by atoms with van der Waals surface area (Å²) in [5.74, 6) is 0.426. The number of benzene rings is 1. The Morgan fingerprint density at radius 2 is 2.07 bits per heavy atom. The minimum absolute atomic E-state index is 0.280. The number of thiophene rings is 1. The fourth-order valence-corrected chi connectivity index (χ4v) is 6.18. The monoisotopic (exact) mass is 420 g/mol. The van der Waals surface area contributed by atoms with E-state index in [1.54, 1.807) is 17.5 Å². The Morgan fingerprint density at radius 1 is 1.21 bits per heavy atom. The van der Waals surface area contributed by atoms with Crippen molar-refractivity contribution in [1.82, 2.24) is 4.31 Å². The highest BCUT2D eigenvalue weighted by atomic mass is 32.2. The summed E-state index contributed by atoms with van der Waals surface area (Å²) in [6, 6.07) is 10.2. The van der Waals surface area contributed by atoms with Gasteiger partial charge in [0.05, 0.1) is 6.61 Å². The van der Waals surface area contributed by atoms with Gasteiger partial charge < -0.3 is 10.1 Å². The molecule has 8 heteroatoms. The van der Waals surface area contributed by atoms with Crippen LogP contribution in [0.4, 0.5) is 5.69 Å². The van der Waals surface area contributed by atoms with Crippen LogP contribution in [0.25, 0.3) is 0 Å². The average Bonchev–Trinajstić information content (AvgIpc) is 3.15. The van der Waals surface area contributed by atoms with Gasteiger partial charge in [0.25, 0.3) is 10.0 Å². The van der Waals surface area contributed by atoms with Crippen molar-refractivity contribution in [1.29, 1.82) is 0 Å². The Labute approximate surface area is 169 Å². The van der Waals surface area contributed by atoms with Crippen LogP contribution in [0.1, 0.15) is 31.2 Å². The van der Waals surface area contributed by atoms with Crippen LogP contribution in [0.15, 0.2) is 46.0 Å². The van der Waals surface area contributed by atoms with Gasteiger partial charge >= 0.3 is 0 Å².